The van der Waals surface area contributed by atoms with Crippen LogP contribution in [0.25, 0.3) is 0 Å². The number of imidazole rings is 1. The van der Waals surface area contributed by atoms with Crippen LogP contribution in [0.15, 0.2) is 18.7 Å². The van der Waals surface area contributed by atoms with Gasteiger partial charge in [0.15, 0.2) is 50.3 Å². The summed E-state index contributed by atoms with van der Waals surface area (Å²) in [5.41, 5.74) is 0. The number of aliphatic hydroxyl groups is 23. The molecular formula is C51H82N2O39. The van der Waals surface area contributed by atoms with Crippen molar-refractivity contribution in [3.63, 3.8) is 0 Å². The SMILES string of the molecule is OC[C@@H]1O[C@@H]2O[C@H]3[C@H](O)[C@@H](O)[C@@H](O[C@H]4[C@H](O)[C@@H](O)[C@@H](O[C@H]5[C@@H](O)[C@H](n6ccnc6)[C@@H](O[C@H]6[C@H](O)[C@@H](O)[C@@H](O[C@H]7[C@@H](O)[C@@H](O)[C@@H](O[C@H]8[C@H](O)[C@@H](O)[C@@H](O[C@H]9[C@@H](O)[C@H](O)[C@@H](O[C@H]1[C@H](O)[C@H]2O)O[C@@H]9CO)O[C@@H]8CO)O[C@@H]7CO)O[C@H]6CO)O[C@H]5CO)O[C@H]4CO)O[C@H]3CO. The Morgan fingerprint density at radius 1 is 0.228 bits per heavy atom. The number of hydrogen-bond acceptors (Lipinski definition) is 40. The van der Waals surface area contributed by atoms with E-state index in [1.165, 1.54) is 23.3 Å². The molecule has 0 amide bonds. The van der Waals surface area contributed by atoms with Crippen molar-refractivity contribution in [1.29, 1.82) is 0 Å². The molecule has 16 bridgehead atoms. The molecule has 0 saturated carbocycles. The minimum Gasteiger partial charge on any atom is -0.394 e. The Balaban J connectivity index is 0.929. The quantitative estimate of drug-likeness (QED) is 0.109. The molecule has 40 atom stereocenters. The highest BCUT2D eigenvalue weighted by Gasteiger charge is 2.60. The molecule has 1 aromatic heterocycles. The maximum Gasteiger partial charge on any atom is 0.187 e. The highest BCUT2D eigenvalue weighted by Crippen LogP contribution is 2.41. The first-order chi connectivity index (χ1) is 44.0. The van der Waals surface area contributed by atoms with Gasteiger partial charge >= 0.3 is 0 Å². The van der Waals surface area contributed by atoms with Crippen molar-refractivity contribution in [2.24, 2.45) is 0 Å². The molecule has 0 aliphatic carbocycles. The molecule has 0 aromatic carbocycles. The van der Waals surface area contributed by atoms with E-state index in [-0.39, 0.29) is 0 Å². The molecule has 31 rings (SSSR count). The van der Waals surface area contributed by atoms with Crippen LogP contribution in [0.3, 0.4) is 0 Å². The molecule has 0 radical (unpaired) electrons. The van der Waals surface area contributed by atoms with Gasteiger partial charge in [-0.25, -0.2) is 4.98 Å². The fraction of sp³-hybridized carbons (Fsp3) is 0.941. The van der Waals surface area contributed by atoms with Crippen molar-refractivity contribution < 1.29 is 193 Å². The monoisotopic (exact) mass is 1350 g/mol. The van der Waals surface area contributed by atoms with E-state index in [0.717, 1.165) is 0 Å². The Bertz CT molecular complexity index is 2410. The second kappa shape index (κ2) is 30.8. The molecule has 41 nitrogen and oxygen atoms in total. The molecule has 30 fully saturated rings. The van der Waals surface area contributed by atoms with Crippen molar-refractivity contribution in [2.75, 3.05) is 52.9 Å². The van der Waals surface area contributed by atoms with Gasteiger partial charge in [0, 0.05) is 12.4 Å². The van der Waals surface area contributed by atoms with Gasteiger partial charge in [-0.3, -0.25) is 0 Å². The normalized spacial score (nSPS) is 53.5. The van der Waals surface area contributed by atoms with Crippen LogP contribution in [-0.4, -0.2) is 419 Å². The second-order valence-corrected chi connectivity index (χ2v) is 23.5. The topological polar surface area (TPSA) is 631 Å². The summed E-state index contributed by atoms with van der Waals surface area (Å²) in [6.07, 6.45) is -74.7. The van der Waals surface area contributed by atoms with Gasteiger partial charge in [-0.15, -0.1) is 0 Å². The Kier molecular flexibility index (Phi) is 24.3. The average Bonchev–Trinajstić information content (AvgIpc) is 1.04. The van der Waals surface area contributed by atoms with E-state index in [2.05, 4.69) is 4.98 Å². The standard InChI is InChI=1S/C51H82N2O39/c54-3-12-36-21(62)20(53-2-1-52-11-53)44(77-12)85-37-13(4-55)78-46(29(70)22(37)63)87-39-15(6-57)80-48(31(72)24(39)65)89-41-17(8-59)82-50(33(74)26(41)67)91-43-19(10-61)84-51(35(76)28(43)69)92-42-18(9-60)83-49(34(75)27(42)68)90-40-16(7-58)81-47(32(73)25(40)66)88-38-14(5-56)79-45(86-36)30(71)23(38)64/h1-2,11-51,54-76H,3-10H2/t12-,13-,14-,15+,16-,17+,18-,19+,20-,21-,22+,23+,24-,25+,26+,27+,28-,29+,30+,31+,32+,33+,34+,35-,36+,37+,38+,39+,40+,41+,42+,43+,44+,45+,46+,47+,48+,49+,50+,51+/m0/s1. The lowest BCUT2D eigenvalue weighted by molar-refractivity contribution is -0.402. The zero-order chi connectivity index (χ0) is 66.5. The van der Waals surface area contributed by atoms with Crippen LogP contribution in [-0.2, 0) is 75.8 Å². The highest BCUT2D eigenvalue weighted by molar-refractivity contribution is 5.04. The zero-order valence-electron chi connectivity index (χ0n) is 48.2. The van der Waals surface area contributed by atoms with E-state index in [1.54, 1.807) is 0 Å². The predicted molar refractivity (Wildman–Crippen MR) is 276 cm³/mol. The van der Waals surface area contributed by atoms with Crippen molar-refractivity contribution >= 4 is 0 Å². The van der Waals surface area contributed by atoms with Gasteiger partial charge in [0.05, 0.1) is 59.2 Å². The molecule has 1 aromatic rings. The smallest absolute Gasteiger partial charge is 0.187 e. The number of rotatable bonds is 9. The molecule has 0 spiro atoms. The summed E-state index contributed by atoms with van der Waals surface area (Å²) in [4.78, 5) is 3.98. The van der Waals surface area contributed by atoms with Crippen LogP contribution in [0.2, 0.25) is 0 Å². The molecule has 30 aliphatic heterocycles. The summed E-state index contributed by atoms with van der Waals surface area (Å²) in [6.45, 7) is -8.48. The molecule has 530 valence electrons. The van der Waals surface area contributed by atoms with Crippen LogP contribution in [0, 0.1) is 0 Å². The fourth-order valence-corrected chi connectivity index (χ4v) is 12.7. The van der Waals surface area contributed by atoms with Crippen LogP contribution in [0.4, 0.5) is 0 Å². The maximum atomic E-state index is 12.2. The lowest BCUT2D eigenvalue weighted by Gasteiger charge is -2.51. The number of hydrogen-bond donors (Lipinski definition) is 23. The van der Waals surface area contributed by atoms with E-state index < -0.39 is 298 Å². The summed E-state index contributed by atoms with van der Waals surface area (Å²) in [5, 5.41) is 257. The third-order valence-electron chi connectivity index (χ3n) is 17.8. The molecule has 23 N–H and O–H groups in total. The van der Waals surface area contributed by atoms with Crippen molar-refractivity contribution in [2.45, 2.75) is 246 Å². The van der Waals surface area contributed by atoms with Crippen LogP contribution < -0.4 is 0 Å². The van der Waals surface area contributed by atoms with E-state index in [9.17, 15) is 117 Å². The first kappa shape index (κ1) is 72.4. The van der Waals surface area contributed by atoms with Gasteiger partial charge in [-0.05, 0) is 0 Å². The molecule has 92 heavy (non-hydrogen) atoms. The summed E-state index contributed by atoms with van der Waals surface area (Å²) in [5.74, 6) is 0. The number of aromatic nitrogens is 2. The molecule has 31 heterocycles. The Hall–Kier alpha value is -2.35. The van der Waals surface area contributed by atoms with Crippen LogP contribution in [0.5, 0.6) is 0 Å². The Morgan fingerprint density at radius 2 is 0.402 bits per heavy atom. The number of ether oxygens (including phenoxy) is 16. The molecule has 41 heteroatoms. The molecular weight excluding hydrogens is 1260 g/mol. The second-order valence-electron chi connectivity index (χ2n) is 23.5. The van der Waals surface area contributed by atoms with E-state index in [1.807, 2.05) is 0 Å². The largest absolute Gasteiger partial charge is 0.394 e. The minimum absolute atomic E-state index is 1.02. The van der Waals surface area contributed by atoms with Crippen molar-refractivity contribution in [3.05, 3.63) is 18.7 Å². The number of nitrogens with zero attached hydrogens (tertiary/aromatic N) is 2. The molecule has 0 unspecified atom stereocenters. The van der Waals surface area contributed by atoms with E-state index in [4.69, 9.17) is 75.8 Å². The third-order valence-corrected chi connectivity index (χ3v) is 17.8. The van der Waals surface area contributed by atoms with Gasteiger partial charge in [-0.1, -0.05) is 0 Å². The average molecular weight is 1350 g/mol. The predicted octanol–water partition coefficient (Wildman–Crippen LogP) is -16.3. The fourth-order valence-electron chi connectivity index (χ4n) is 12.7. The minimum atomic E-state index is -2.25. The first-order valence-corrected chi connectivity index (χ1v) is 29.5. The Labute approximate surface area is 519 Å². The molecule has 30 saturated heterocycles. The van der Waals surface area contributed by atoms with Crippen molar-refractivity contribution in [3.8, 4) is 0 Å². The third kappa shape index (κ3) is 14.0. The number of aliphatic hydroxyl groups excluding tert-OH is 23. The summed E-state index contributed by atoms with van der Waals surface area (Å²) < 4.78 is 94.2. The van der Waals surface area contributed by atoms with Gasteiger partial charge in [-0.2, -0.15) is 0 Å². The van der Waals surface area contributed by atoms with Gasteiger partial charge in [0.2, 0.25) is 0 Å². The highest BCUT2D eigenvalue weighted by atomic mass is 16.8. The van der Waals surface area contributed by atoms with Gasteiger partial charge in [0.25, 0.3) is 0 Å². The lowest BCUT2D eigenvalue weighted by Crippen LogP contribution is -2.69. The molecule has 30 aliphatic rings. The van der Waals surface area contributed by atoms with Crippen LogP contribution in [0.1, 0.15) is 6.04 Å². The van der Waals surface area contributed by atoms with E-state index >= 15 is 0 Å². The summed E-state index contributed by atoms with van der Waals surface area (Å²) in [6, 6.07) is -1.54. The Morgan fingerprint density at radius 3 is 0.576 bits per heavy atom. The van der Waals surface area contributed by atoms with Crippen LogP contribution >= 0.6 is 0 Å². The lowest BCUT2D eigenvalue weighted by atomic mass is 9.94. The summed E-state index contributed by atoms with van der Waals surface area (Å²) in [7, 11) is 0. The maximum absolute atomic E-state index is 12.2. The van der Waals surface area contributed by atoms with E-state index in [0.29, 0.717) is 0 Å². The van der Waals surface area contributed by atoms with Gasteiger partial charge in [0.1, 0.15) is 195 Å². The first-order valence-electron chi connectivity index (χ1n) is 29.5. The zero-order valence-corrected chi connectivity index (χ0v) is 48.2. The van der Waals surface area contributed by atoms with Crippen molar-refractivity contribution in [1.82, 2.24) is 9.55 Å². The summed E-state index contributed by atoms with van der Waals surface area (Å²) >= 11 is 0. The van der Waals surface area contributed by atoms with Gasteiger partial charge < -0.3 is 198 Å².